The number of carbonyl (C=O) groups is 1. The summed E-state index contributed by atoms with van der Waals surface area (Å²) in [7, 11) is 0. The first-order valence-electron chi connectivity index (χ1n) is 7.81. The number of nitrogens with one attached hydrogen (secondary N) is 1. The molecule has 126 valence electrons. The van der Waals surface area contributed by atoms with Crippen molar-refractivity contribution < 1.29 is 13.6 Å². The second-order valence-corrected chi connectivity index (χ2v) is 7.01. The third-order valence-corrected chi connectivity index (χ3v) is 4.79. The van der Waals surface area contributed by atoms with E-state index in [1.165, 1.54) is 12.1 Å². The number of rotatable bonds is 5. The fourth-order valence-corrected chi connectivity index (χ4v) is 3.63. The van der Waals surface area contributed by atoms with Gasteiger partial charge in [-0.1, -0.05) is 13.0 Å². The van der Waals surface area contributed by atoms with Crippen LogP contribution in [0, 0.1) is 18.6 Å². The van der Waals surface area contributed by atoms with Crippen LogP contribution in [0.2, 0.25) is 0 Å². The molecule has 2 heterocycles. The fraction of sp³-hybridized carbons (Fsp3) is 0.278. The minimum absolute atomic E-state index is 0.152. The number of aryl methyl sites for hydroxylation is 1. The molecule has 0 saturated carbocycles. The number of aromatic nitrogens is 1. The summed E-state index contributed by atoms with van der Waals surface area (Å²) in [4.78, 5) is 13.6. The molecule has 1 amide bonds. The van der Waals surface area contributed by atoms with Crippen LogP contribution in [-0.2, 0) is 6.54 Å². The third-order valence-electron chi connectivity index (χ3n) is 3.81. The summed E-state index contributed by atoms with van der Waals surface area (Å²) in [5.74, 6) is -1.90. The number of carbonyl (C=O) groups excluding carboxylic acids is 1. The van der Waals surface area contributed by atoms with E-state index in [0.29, 0.717) is 24.3 Å². The van der Waals surface area contributed by atoms with Crippen LogP contribution in [0.15, 0.2) is 30.3 Å². The van der Waals surface area contributed by atoms with Gasteiger partial charge in [0.1, 0.15) is 5.69 Å². The average Bonchev–Trinajstić information content (AvgIpc) is 3.06. The summed E-state index contributed by atoms with van der Waals surface area (Å²) in [5.41, 5.74) is 2.08. The molecule has 6 heteroatoms. The molecule has 3 nitrogen and oxygen atoms in total. The van der Waals surface area contributed by atoms with Crippen LogP contribution < -0.4 is 5.32 Å². The summed E-state index contributed by atoms with van der Waals surface area (Å²) in [6.45, 7) is 4.90. The molecular formula is C18H18F2N2OS. The van der Waals surface area contributed by atoms with Crippen molar-refractivity contribution in [3.05, 3.63) is 58.1 Å². The minimum Gasteiger partial charge on any atom is -0.351 e. The molecule has 3 rings (SSSR count). The molecule has 0 aliphatic rings. The lowest BCUT2D eigenvalue weighted by Crippen LogP contribution is -2.26. The molecule has 0 saturated heterocycles. The lowest BCUT2D eigenvalue weighted by molar-refractivity contribution is 0.0945. The Morgan fingerprint density at radius 3 is 2.71 bits per heavy atom. The molecule has 0 bridgehead atoms. The smallest absolute Gasteiger partial charge is 0.267 e. The molecule has 2 aromatic heterocycles. The lowest BCUT2D eigenvalue weighted by atomic mass is 10.2. The van der Waals surface area contributed by atoms with Gasteiger partial charge in [-0.05, 0) is 43.2 Å². The Bertz CT molecular complexity index is 898. The Labute approximate surface area is 142 Å². The van der Waals surface area contributed by atoms with Crippen LogP contribution in [0.4, 0.5) is 8.78 Å². The number of benzene rings is 1. The molecule has 3 aromatic rings. The first-order valence-corrected chi connectivity index (χ1v) is 8.63. The van der Waals surface area contributed by atoms with Gasteiger partial charge in [0.25, 0.3) is 5.91 Å². The molecule has 1 aromatic carbocycles. The second kappa shape index (κ2) is 6.73. The number of hydrogen-bond acceptors (Lipinski definition) is 2. The molecule has 0 atom stereocenters. The van der Waals surface area contributed by atoms with Crippen LogP contribution in [0.25, 0.3) is 10.2 Å². The molecule has 0 aliphatic carbocycles. The number of amides is 1. The highest BCUT2D eigenvalue weighted by atomic mass is 32.1. The van der Waals surface area contributed by atoms with Gasteiger partial charge in [0, 0.05) is 18.0 Å². The van der Waals surface area contributed by atoms with Crippen LogP contribution >= 0.6 is 11.3 Å². The highest BCUT2D eigenvalue weighted by molar-refractivity contribution is 7.19. The standard InChI is InChI=1S/C18H18F2N2OS/c1-3-6-21-18(23)16-9-17-15(7-11(2)24-17)22(16)10-12-4-5-13(19)14(20)8-12/h4-5,7-9H,3,6,10H2,1-2H3,(H,21,23). The number of fused-ring (bicyclic) bond motifs is 1. The van der Waals surface area contributed by atoms with E-state index in [1.54, 1.807) is 11.3 Å². The summed E-state index contributed by atoms with van der Waals surface area (Å²) >= 11 is 1.61. The maximum Gasteiger partial charge on any atom is 0.267 e. The van der Waals surface area contributed by atoms with E-state index in [9.17, 15) is 13.6 Å². The van der Waals surface area contributed by atoms with Crippen molar-refractivity contribution in [2.75, 3.05) is 6.54 Å². The van der Waals surface area contributed by atoms with E-state index in [1.807, 2.05) is 30.5 Å². The quantitative estimate of drug-likeness (QED) is 0.725. The Kier molecular flexibility index (Phi) is 4.66. The average molecular weight is 348 g/mol. The lowest BCUT2D eigenvalue weighted by Gasteiger charge is -2.11. The summed E-state index contributed by atoms with van der Waals surface area (Å²) in [6.07, 6.45) is 0.850. The molecule has 0 fully saturated rings. The molecule has 0 aliphatic heterocycles. The van der Waals surface area contributed by atoms with Crippen molar-refractivity contribution in [2.24, 2.45) is 0 Å². The maximum absolute atomic E-state index is 13.5. The number of halogens is 2. The van der Waals surface area contributed by atoms with Crippen LogP contribution in [0.5, 0.6) is 0 Å². The summed E-state index contributed by atoms with van der Waals surface area (Å²) < 4.78 is 29.5. The van der Waals surface area contributed by atoms with Gasteiger partial charge in [0.15, 0.2) is 11.6 Å². The zero-order valence-corrected chi connectivity index (χ0v) is 14.3. The van der Waals surface area contributed by atoms with Crippen LogP contribution in [0.3, 0.4) is 0 Å². The van der Waals surface area contributed by atoms with E-state index in [-0.39, 0.29) is 5.91 Å². The largest absolute Gasteiger partial charge is 0.351 e. The van der Waals surface area contributed by atoms with Gasteiger partial charge in [-0.2, -0.15) is 0 Å². The van der Waals surface area contributed by atoms with Crippen molar-refractivity contribution in [3.8, 4) is 0 Å². The predicted molar refractivity (Wildman–Crippen MR) is 92.6 cm³/mol. The van der Waals surface area contributed by atoms with E-state index >= 15 is 0 Å². The zero-order chi connectivity index (χ0) is 17.3. The third kappa shape index (κ3) is 3.19. The van der Waals surface area contributed by atoms with E-state index in [0.717, 1.165) is 27.6 Å². The van der Waals surface area contributed by atoms with Gasteiger partial charge in [0.05, 0.1) is 10.2 Å². The molecule has 0 radical (unpaired) electrons. The summed E-state index contributed by atoms with van der Waals surface area (Å²) in [6, 6.07) is 7.70. The molecule has 24 heavy (non-hydrogen) atoms. The molecule has 1 N–H and O–H groups in total. The van der Waals surface area contributed by atoms with Gasteiger partial charge in [-0.15, -0.1) is 11.3 Å². The minimum atomic E-state index is -0.880. The van der Waals surface area contributed by atoms with E-state index < -0.39 is 11.6 Å². The van der Waals surface area contributed by atoms with Crippen molar-refractivity contribution in [3.63, 3.8) is 0 Å². The Morgan fingerprint density at radius 1 is 1.21 bits per heavy atom. The normalized spacial score (nSPS) is 11.2. The first kappa shape index (κ1) is 16.6. The van der Waals surface area contributed by atoms with Gasteiger partial charge in [-0.25, -0.2) is 8.78 Å². The second-order valence-electron chi connectivity index (χ2n) is 5.73. The number of nitrogens with zero attached hydrogens (tertiary/aromatic N) is 1. The van der Waals surface area contributed by atoms with Gasteiger partial charge < -0.3 is 9.88 Å². The van der Waals surface area contributed by atoms with E-state index in [2.05, 4.69) is 5.32 Å². The topological polar surface area (TPSA) is 34.0 Å². The first-order chi connectivity index (χ1) is 11.5. The van der Waals surface area contributed by atoms with Gasteiger partial charge >= 0.3 is 0 Å². The number of hydrogen-bond donors (Lipinski definition) is 1. The van der Waals surface area contributed by atoms with Crippen LogP contribution in [-0.4, -0.2) is 17.0 Å². The van der Waals surface area contributed by atoms with E-state index in [4.69, 9.17) is 0 Å². The van der Waals surface area contributed by atoms with Crippen molar-refractivity contribution in [1.82, 2.24) is 9.88 Å². The molecule has 0 spiro atoms. The van der Waals surface area contributed by atoms with Gasteiger partial charge in [0.2, 0.25) is 0 Å². The van der Waals surface area contributed by atoms with Crippen molar-refractivity contribution in [1.29, 1.82) is 0 Å². The van der Waals surface area contributed by atoms with Crippen molar-refractivity contribution >= 4 is 27.5 Å². The Hall–Kier alpha value is -2.21. The summed E-state index contributed by atoms with van der Waals surface area (Å²) in [5, 5.41) is 2.87. The van der Waals surface area contributed by atoms with Crippen LogP contribution in [0.1, 0.15) is 34.3 Å². The zero-order valence-electron chi connectivity index (χ0n) is 13.5. The highest BCUT2D eigenvalue weighted by Gasteiger charge is 2.17. The predicted octanol–water partition coefficient (Wildman–Crippen LogP) is 4.48. The molecule has 0 unspecified atom stereocenters. The molecular weight excluding hydrogens is 330 g/mol. The Balaban J connectivity index is 2.02. The maximum atomic E-state index is 13.5. The Morgan fingerprint density at radius 2 is 2.00 bits per heavy atom. The highest BCUT2D eigenvalue weighted by Crippen LogP contribution is 2.29. The number of thiophene rings is 1. The van der Waals surface area contributed by atoms with Crippen molar-refractivity contribution in [2.45, 2.75) is 26.8 Å². The monoisotopic (exact) mass is 348 g/mol. The van der Waals surface area contributed by atoms with Gasteiger partial charge in [-0.3, -0.25) is 4.79 Å². The fourth-order valence-electron chi connectivity index (χ4n) is 2.67. The SMILES string of the molecule is CCCNC(=O)c1cc2sc(C)cc2n1Cc1ccc(F)c(F)c1.